The van der Waals surface area contributed by atoms with Gasteiger partial charge >= 0.3 is 6.18 Å². The van der Waals surface area contributed by atoms with E-state index in [-0.39, 0.29) is 17.3 Å². The number of halogens is 3. The third-order valence-electron chi connectivity index (χ3n) is 4.13. The van der Waals surface area contributed by atoms with Crippen molar-refractivity contribution < 1.29 is 18.0 Å². The Morgan fingerprint density at radius 2 is 1.80 bits per heavy atom. The minimum absolute atomic E-state index is 0.0578. The minimum Gasteiger partial charge on any atom is -0.355 e. The summed E-state index contributed by atoms with van der Waals surface area (Å²) in [6.45, 7) is 1.38. The molecule has 1 aromatic carbocycles. The molecule has 1 aromatic heterocycles. The molecule has 0 radical (unpaired) electrons. The van der Waals surface area contributed by atoms with Crippen LogP contribution in [0.3, 0.4) is 0 Å². The molecule has 0 bridgehead atoms. The molecule has 1 N–H and O–H groups in total. The van der Waals surface area contributed by atoms with Crippen LogP contribution in [0.2, 0.25) is 0 Å². The van der Waals surface area contributed by atoms with Crippen LogP contribution in [-0.2, 0) is 6.18 Å². The Morgan fingerprint density at radius 1 is 1.08 bits per heavy atom. The Balaban J connectivity index is 1.82. The number of amides is 1. The first-order valence-corrected chi connectivity index (χ1v) is 8.14. The summed E-state index contributed by atoms with van der Waals surface area (Å²) < 4.78 is 39.3. The lowest BCUT2D eigenvalue weighted by Crippen LogP contribution is -2.36. The molecule has 2 heterocycles. The molecule has 132 valence electrons. The third-order valence-corrected chi connectivity index (χ3v) is 4.13. The molecule has 1 amide bonds. The average molecular weight is 349 g/mol. The van der Waals surface area contributed by atoms with Crippen LogP contribution in [0.1, 0.15) is 35.3 Å². The number of nitrogens with one attached hydrogen (secondary N) is 1. The largest absolute Gasteiger partial charge is 0.418 e. The van der Waals surface area contributed by atoms with Gasteiger partial charge in [0.15, 0.2) is 0 Å². The molecule has 0 saturated carbocycles. The van der Waals surface area contributed by atoms with Crippen molar-refractivity contribution in [3.63, 3.8) is 0 Å². The number of aromatic nitrogens is 1. The number of rotatable bonds is 3. The van der Waals surface area contributed by atoms with Crippen LogP contribution in [0.5, 0.6) is 0 Å². The number of nitrogens with zero attached hydrogens (tertiary/aromatic N) is 2. The SMILES string of the molecule is O=C(c1cc(Nc2ccccc2C(F)(F)F)ccn1)N1CCCCC1. The van der Waals surface area contributed by atoms with Gasteiger partial charge < -0.3 is 10.2 Å². The lowest BCUT2D eigenvalue weighted by molar-refractivity contribution is -0.136. The Bertz CT molecular complexity index is 755. The van der Waals surface area contributed by atoms with Crippen molar-refractivity contribution in [1.29, 1.82) is 0 Å². The van der Waals surface area contributed by atoms with Gasteiger partial charge in [0.05, 0.1) is 11.3 Å². The van der Waals surface area contributed by atoms with Crippen LogP contribution in [-0.4, -0.2) is 28.9 Å². The van der Waals surface area contributed by atoms with Gasteiger partial charge in [-0.3, -0.25) is 9.78 Å². The van der Waals surface area contributed by atoms with Crippen LogP contribution >= 0.6 is 0 Å². The van der Waals surface area contributed by atoms with Crippen molar-refractivity contribution in [1.82, 2.24) is 9.88 Å². The van der Waals surface area contributed by atoms with E-state index in [1.165, 1.54) is 30.5 Å². The van der Waals surface area contributed by atoms with E-state index in [1.54, 1.807) is 11.0 Å². The van der Waals surface area contributed by atoms with E-state index in [0.717, 1.165) is 25.3 Å². The first-order valence-electron chi connectivity index (χ1n) is 8.14. The van der Waals surface area contributed by atoms with E-state index in [4.69, 9.17) is 0 Å². The second kappa shape index (κ2) is 7.13. The highest BCUT2D eigenvalue weighted by Crippen LogP contribution is 2.35. The summed E-state index contributed by atoms with van der Waals surface area (Å²) in [5.74, 6) is -0.188. The maximum Gasteiger partial charge on any atom is 0.418 e. The summed E-state index contributed by atoms with van der Waals surface area (Å²) in [5, 5.41) is 2.75. The quantitative estimate of drug-likeness (QED) is 0.889. The van der Waals surface area contributed by atoms with Gasteiger partial charge in [0.2, 0.25) is 0 Å². The van der Waals surface area contributed by atoms with E-state index >= 15 is 0 Å². The van der Waals surface area contributed by atoms with Gasteiger partial charge in [-0.1, -0.05) is 12.1 Å². The van der Waals surface area contributed by atoms with E-state index in [2.05, 4.69) is 10.3 Å². The van der Waals surface area contributed by atoms with Gasteiger partial charge in [0.1, 0.15) is 5.69 Å². The zero-order chi connectivity index (χ0) is 17.9. The molecular formula is C18H18F3N3O. The molecule has 0 unspecified atom stereocenters. The van der Waals surface area contributed by atoms with Crippen LogP contribution < -0.4 is 5.32 Å². The van der Waals surface area contributed by atoms with E-state index in [9.17, 15) is 18.0 Å². The van der Waals surface area contributed by atoms with Gasteiger partial charge in [-0.05, 0) is 43.5 Å². The van der Waals surface area contributed by atoms with E-state index < -0.39 is 11.7 Å². The van der Waals surface area contributed by atoms with Crippen LogP contribution in [0.15, 0.2) is 42.6 Å². The topological polar surface area (TPSA) is 45.2 Å². The maximum absolute atomic E-state index is 13.1. The normalized spacial score (nSPS) is 15.1. The number of carbonyl (C=O) groups is 1. The zero-order valence-electron chi connectivity index (χ0n) is 13.5. The number of likely N-dealkylation sites (tertiary alicyclic amines) is 1. The molecular weight excluding hydrogens is 331 g/mol. The smallest absolute Gasteiger partial charge is 0.355 e. The molecule has 25 heavy (non-hydrogen) atoms. The van der Waals surface area contributed by atoms with E-state index in [1.807, 2.05) is 0 Å². The fourth-order valence-corrected chi connectivity index (χ4v) is 2.88. The lowest BCUT2D eigenvalue weighted by atomic mass is 10.1. The molecule has 3 rings (SSSR count). The highest BCUT2D eigenvalue weighted by molar-refractivity contribution is 5.93. The first kappa shape index (κ1) is 17.3. The predicted molar refractivity (Wildman–Crippen MR) is 88.7 cm³/mol. The maximum atomic E-state index is 13.1. The highest BCUT2D eigenvalue weighted by Gasteiger charge is 2.33. The summed E-state index contributed by atoms with van der Waals surface area (Å²) >= 11 is 0. The second-order valence-corrected chi connectivity index (χ2v) is 5.95. The van der Waals surface area contributed by atoms with Crippen molar-refractivity contribution in [3.8, 4) is 0 Å². The van der Waals surface area contributed by atoms with Gasteiger partial charge in [-0.25, -0.2) is 0 Å². The lowest BCUT2D eigenvalue weighted by Gasteiger charge is -2.26. The number of hydrogen-bond acceptors (Lipinski definition) is 3. The predicted octanol–water partition coefficient (Wildman–Crippen LogP) is 4.47. The van der Waals surface area contributed by atoms with Gasteiger partial charge in [0.25, 0.3) is 5.91 Å². The van der Waals surface area contributed by atoms with Crippen LogP contribution in [0.25, 0.3) is 0 Å². The molecule has 1 aliphatic heterocycles. The Kier molecular flexibility index (Phi) is 4.92. The Morgan fingerprint density at radius 3 is 2.52 bits per heavy atom. The molecule has 1 saturated heterocycles. The Hall–Kier alpha value is -2.57. The summed E-state index contributed by atoms with van der Waals surface area (Å²) in [7, 11) is 0. The second-order valence-electron chi connectivity index (χ2n) is 5.95. The standard InChI is InChI=1S/C18H18F3N3O/c19-18(20,21)14-6-2-3-7-15(14)23-13-8-9-22-16(12-13)17(25)24-10-4-1-5-11-24/h2-3,6-9,12H,1,4-5,10-11H2,(H,22,23). The van der Waals surface area contributed by atoms with Crippen LogP contribution in [0, 0.1) is 0 Å². The summed E-state index contributed by atoms with van der Waals surface area (Å²) in [5.41, 5.74) is -0.184. The van der Waals surface area contributed by atoms with Crippen molar-refractivity contribution in [2.24, 2.45) is 0 Å². The van der Waals surface area contributed by atoms with Crippen molar-refractivity contribution in [3.05, 3.63) is 53.9 Å². The van der Waals surface area contributed by atoms with Crippen LogP contribution in [0.4, 0.5) is 24.5 Å². The Labute approximate surface area is 143 Å². The molecule has 2 aromatic rings. The zero-order valence-corrected chi connectivity index (χ0v) is 13.5. The summed E-state index contributed by atoms with van der Waals surface area (Å²) in [6, 6.07) is 8.27. The fourth-order valence-electron chi connectivity index (χ4n) is 2.88. The van der Waals surface area contributed by atoms with Crippen molar-refractivity contribution in [2.75, 3.05) is 18.4 Å². The van der Waals surface area contributed by atoms with Gasteiger partial charge in [0, 0.05) is 25.0 Å². The number of anilines is 2. The third kappa shape index (κ3) is 4.10. The first-order chi connectivity index (χ1) is 11.9. The molecule has 7 heteroatoms. The van der Waals surface area contributed by atoms with E-state index in [0.29, 0.717) is 18.8 Å². The van der Waals surface area contributed by atoms with Crippen molar-refractivity contribution in [2.45, 2.75) is 25.4 Å². The molecule has 4 nitrogen and oxygen atoms in total. The number of alkyl halides is 3. The number of benzene rings is 1. The number of hydrogen-bond donors (Lipinski definition) is 1. The van der Waals surface area contributed by atoms with Gasteiger partial charge in [-0.2, -0.15) is 13.2 Å². The molecule has 0 atom stereocenters. The molecule has 1 fully saturated rings. The molecule has 1 aliphatic rings. The monoisotopic (exact) mass is 349 g/mol. The number of pyridine rings is 1. The average Bonchev–Trinajstić information content (AvgIpc) is 2.62. The van der Waals surface area contributed by atoms with Gasteiger partial charge in [-0.15, -0.1) is 0 Å². The molecule has 0 aliphatic carbocycles. The highest BCUT2D eigenvalue weighted by atomic mass is 19.4. The number of piperidine rings is 1. The van der Waals surface area contributed by atoms with Crippen molar-refractivity contribution >= 4 is 17.3 Å². The number of carbonyl (C=O) groups excluding carboxylic acids is 1. The summed E-state index contributed by atoms with van der Waals surface area (Å²) in [4.78, 5) is 18.3. The number of para-hydroxylation sites is 1. The summed E-state index contributed by atoms with van der Waals surface area (Å²) in [6.07, 6.45) is -0.00288. The minimum atomic E-state index is -4.46. The molecule has 0 spiro atoms. The fraction of sp³-hybridized carbons (Fsp3) is 0.333.